The first kappa shape index (κ1) is 14.3. The van der Waals surface area contributed by atoms with Gasteiger partial charge in [0, 0.05) is 37.1 Å². The van der Waals surface area contributed by atoms with Gasteiger partial charge in [-0.25, -0.2) is 4.98 Å². The van der Waals surface area contributed by atoms with Crippen molar-refractivity contribution >= 4 is 16.7 Å². The van der Waals surface area contributed by atoms with E-state index in [9.17, 15) is 0 Å². The summed E-state index contributed by atoms with van der Waals surface area (Å²) in [5.41, 5.74) is 2.37. The van der Waals surface area contributed by atoms with Crippen molar-refractivity contribution in [3.05, 3.63) is 35.9 Å². The zero-order chi connectivity index (χ0) is 14.8. The number of pyridine rings is 1. The Morgan fingerprint density at radius 2 is 2.05 bits per heavy atom. The molecule has 1 N–H and O–H groups in total. The molecule has 0 bridgehead atoms. The highest BCUT2D eigenvalue weighted by molar-refractivity contribution is 5.81. The summed E-state index contributed by atoms with van der Waals surface area (Å²) in [7, 11) is 1.96. The highest BCUT2D eigenvalue weighted by Gasteiger charge is 2.29. The molecule has 3 rings (SSSR count). The first-order valence-corrected chi connectivity index (χ1v) is 7.98. The molecule has 0 amide bonds. The molecule has 1 saturated carbocycles. The van der Waals surface area contributed by atoms with E-state index in [0.29, 0.717) is 5.92 Å². The Labute approximate surface area is 127 Å². The van der Waals surface area contributed by atoms with Crippen LogP contribution in [0.2, 0.25) is 0 Å². The topological polar surface area (TPSA) is 28.2 Å². The van der Waals surface area contributed by atoms with Crippen molar-refractivity contribution in [1.29, 1.82) is 0 Å². The minimum Gasteiger partial charge on any atom is -0.373 e. The van der Waals surface area contributed by atoms with E-state index in [1.165, 1.54) is 30.3 Å². The van der Waals surface area contributed by atoms with Gasteiger partial charge in [0.1, 0.15) is 5.82 Å². The van der Waals surface area contributed by atoms with E-state index < -0.39 is 0 Å². The molecule has 1 aromatic carbocycles. The van der Waals surface area contributed by atoms with Gasteiger partial charge >= 0.3 is 0 Å². The lowest BCUT2D eigenvalue weighted by molar-refractivity contribution is 0.226. The van der Waals surface area contributed by atoms with Crippen LogP contribution in [0.5, 0.6) is 0 Å². The van der Waals surface area contributed by atoms with Crippen molar-refractivity contribution in [2.75, 3.05) is 18.9 Å². The Hall–Kier alpha value is -1.61. The van der Waals surface area contributed by atoms with Gasteiger partial charge in [0.15, 0.2) is 0 Å². The smallest absolute Gasteiger partial charge is 0.130 e. The van der Waals surface area contributed by atoms with Crippen LogP contribution >= 0.6 is 0 Å². The fraction of sp³-hybridized carbons (Fsp3) is 0.500. The van der Waals surface area contributed by atoms with Gasteiger partial charge in [-0.1, -0.05) is 32.0 Å². The van der Waals surface area contributed by atoms with Gasteiger partial charge in [-0.05, 0) is 30.9 Å². The number of fused-ring (bicyclic) bond motifs is 1. The summed E-state index contributed by atoms with van der Waals surface area (Å²) in [6, 6.07) is 11.4. The van der Waals surface area contributed by atoms with Crippen molar-refractivity contribution in [2.45, 2.75) is 39.3 Å². The van der Waals surface area contributed by atoms with Crippen LogP contribution in [0.15, 0.2) is 30.3 Å². The van der Waals surface area contributed by atoms with Crippen molar-refractivity contribution in [1.82, 2.24) is 9.88 Å². The lowest BCUT2D eigenvalue weighted by atomic mass is 10.1. The molecule has 3 nitrogen and oxygen atoms in total. The monoisotopic (exact) mass is 283 g/mol. The quantitative estimate of drug-likeness (QED) is 0.871. The standard InChI is InChI=1S/C18H25N3/c1-13(2)11-21(16-8-9-16)12-15-10-14-6-4-5-7-17(14)20-18(15)19-3/h4-7,10,13,16H,8-9,11-12H2,1-3H3,(H,19,20). The number of hydrogen-bond acceptors (Lipinski definition) is 3. The number of aromatic nitrogens is 1. The largest absolute Gasteiger partial charge is 0.373 e. The van der Waals surface area contributed by atoms with E-state index in [1.807, 2.05) is 13.1 Å². The second-order valence-electron chi connectivity index (χ2n) is 6.49. The first-order chi connectivity index (χ1) is 10.2. The summed E-state index contributed by atoms with van der Waals surface area (Å²) in [6.45, 7) is 6.76. The summed E-state index contributed by atoms with van der Waals surface area (Å²) >= 11 is 0. The number of nitrogens with zero attached hydrogens (tertiary/aromatic N) is 2. The second-order valence-corrected chi connectivity index (χ2v) is 6.49. The molecule has 112 valence electrons. The van der Waals surface area contributed by atoms with Crippen LogP contribution in [0.4, 0.5) is 5.82 Å². The van der Waals surface area contributed by atoms with Gasteiger partial charge in [-0.2, -0.15) is 0 Å². The average molecular weight is 283 g/mol. The predicted octanol–water partition coefficient (Wildman–Crippen LogP) is 3.90. The molecule has 1 aliphatic carbocycles. The second kappa shape index (κ2) is 6.02. The minimum atomic E-state index is 0.706. The van der Waals surface area contributed by atoms with E-state index in [0.717, 1.165) is 23.9 Å². The van der Waals surface area contributed by atoms with Crippen LogP contribution in [-0.4, -0.2) is 29.5 Å². The van der Waals surface area contributed by atoms with Crippen LogP contribution in [0, 0.1) is 5.92 Å². The van der Waals surface area contributed by atoms with Crippen LogP contribution in [0.25, 0.3) is 10.9 Å². The van der Waals surface area contributed by atoms with Gasteiger partial charge < -0.3 is 5.32 Å². The lowest BCUT2D eigenvalue weighted by Gasteiger charge is -2.25. The fourth-order valence-electron chi connectivity index (χ4n) is 2.97. The third-order valence-electron chi connectivity index (χ3n) is 4.08. The molecule has 0 aliphatic heterocycles. The fourth-order valence-corrected chi connectivity index (χ4v) is 2.97. The van der Waals surface area contributed by atoms with Crippen LogP contribution in [0.3, 0.4) is 0 Å². The minimum absolute atomic E-state index is 0.706. The Kier molecular flexibility index (Phi) is 4.11. The third-order valence-corrected chi connectivity index (χ3v) is 4.08. The van der Waals surface area contributed by atoms with Crippen molar-refractivity contribution in [3.63, 3.8) is 0 Å². The Balaban J connectivity index is 1.90. The number of anilines is 1. The van der Waals surface area contributed by atoms with Gasteiger partial charge in [-0.3, -0.25) is 4.90 Å². The van der Waals surface area contributed by atoms with E-state index in [4.69, 9.17) is 4.98 Å². The summed E-state index contributed by atoms with van der Waals surface area (Å²) in [4.78, 5) is 7.39. The van der Waals surface area contributed by atoms with Crippen molar-refractivity contribution < 1.29 is 0 Å². The highest BCUT2D eigenvalue weighted by atomic mass is 15.2. The molecule has 1 fully saturated rings. The normalized spacial score (nSPS) is 15.1. The number of hydrogen-bond donors (Lipinski definition) is 1. The average Bonchev–Trinajstić information content (AvgIpc) is 3.30. The maximum atomic E-state index is 4.77. The Morgan fingerprint density at radius 1 is 1.29 bits per heavy atom. The van der Waals surface area contributed by atoms with E-state index in [2.05, 4.69) is 48.3 Å². The van der Waals surface area contributed by atoms with E-state index in [1.54, 1.807) is 0 Å². The lowest BCUT2D eigenvalue weighted by Crippen LogP contribution is -2.29. The van der Waals surface area contributed by atoms with Crippen LogP contribution in [0.1, 0.15) is 32.3 Å². The van der Waals surface area contributed by atoms with Gasteiger partial charge in [0.05, 0.1) is 5.52 Å². The molecule has 3 heteroatoms. The van der Waals surface area contributed by atoms with Crippen LogP contribution in [-0.2, 0) is 6.54 Å². The zero-order valence-corrected chi connectivity index (χ0v) is 13.3. The summed E-state index contributed by atoms with van der Waals surface area (Å²) in [5, 5.41) is 4.50. The third kappa shape index (κ3) is 3.35. The Morgan fingerprint density at radius 3 is 2.71 bits per heavy atom. The van der Waals surface area contributed by atoms with E-state index in [-0.39, 0.29) is 0 Å². The van der Waals surface area contributed by atoms with Crippen LogP contribution < -0.4 is 5.32 Å². The summed E-state index contributed by atoms with van der Waals surface area (Å²) < 4.78 is 0. The maximum Gasteiger partial charge on any atom is 0.130 e. The molecule has 0 unspecified atom stereocenters. The molecule has 0 radical (unpaired) electrons. The number of para-hydroxylation sites is 1. The van der Waals surface area contributed by atoms with Gasteiger partial charge in [0.25, 0.3) is 0 Å². The molecule has 1 heterocycles. The first-order valence-electron chi connectivity index (χ1n) is 7.98. The molecule has 0 atom stereocenters. The van der Waals surface area contributed by atoms with E-state index >= 15 is 0 Å². The molecular formula is C18H25N3. The molecule has 21 heavy (non-hydrogen) atoms. The molecule has 1 aliphatic rings. The molecule has 2 aromatic rings. The molecule has 0 spiro atoms. The predicted molar refractivity (Wildman–Crippen MR) is 89.6 cm³/mol. The van der Waals surface area contributed by atoms with Crippen molar-refractivity contribution in [2.24, 2.45) is 5.92 Å². The highest BCUT2D eigenvalue weighted by Crippen LogP contribution is 2.31. The molecule has 0 saturated heterocycles. The Bertz CT molecular complexity index is 617. The summed E-state index contributed by atoms with van der Waals surface area (Å²) in [6.07, 6.45) is 2.70. The number of nitrogens with one attached hydrogen (secondary N) is 1. The molecular weight excluding hydrogens is 258 g/mol. The SMILES string of the molecule is CNc1nc2ccccc2cc1CN(CC(C)C)C1CC1. The van der Waals surface area contributed by atoms with Gasteiger partial charge in [-0.15, -0.1) is 0 Å². The number of rotatable bonds is 6. The summed E-state index contributed by atoms with van der Waals surface area (Å²) in [5.74, 6) is 1.72. The zero-order valence-electron chi connectivity index (χ0n) is 13.3. The number of benzene rings is 1. The molecule has 1 aromatic heterocycles. The van der Waals surface area contributed by atoms with Crippen molar-refractivity contribution in [3.8, 4) is 0 Å². The van der Waals surface area contributed by atoms with Gasteiger partial charge in [0.2, 0.25) is 0 Å². The maximum absolute atomic E-state index is 4.77.